The third kappa shape index (κ3) is 4.47. The first kappa shape index (κ1) is 15.3. The summed E-state index contributed by atoms with van der Waals surface area (Å²) in [5.74, 6) is -0.212. The minimum Gasteiger partial charge on any atom is -0.348 e. The van der Waals surface area contributed by atoms with Crippen molar-refractivity contribution in [1.29, 1.82) is 0 Å². The summed E-state index contributed by atoms with van der Waals surface area (Å²) in [6, 6.07) is 3.72. The summed E-state index contributed by atoms with van der Waals surface area (Å²) in [6.45, 7) is 7.93. The highest BCUT2D eigenvalue weighted by molar-refractivity contribution is 7.16. The maximum Gasteiger partial charge on any atom is 0.319 e. The number of aryl methyl sites for hydroxylation is 1. The van der Waals surface area contributed by atoms with E-state index in [4.69, 9.17) is 9.47 Å². The van der Waals surface area contributed by atoms with Gasteiger partial charge in [-0.1, -0.05) is 6.92 Å². The van der Waals surface area contributed by atoms with Crippen LogP contribution in [0.25, 0.3) is 0 Å². The average molecular weight is 298 g/mol. The van der Waals surface area contributed by atoms with Crippen LogP contribution < -0.4 is 10.6 Å². The van der Waals surface area contributed by atoms with Crippen molar-refractivity contribution in [3.05, 3.63) is 17.0 Å². The molecule has 0 saturated carbocycles. The summed E-state index contributed by atoms with van der Waals surface area (Å²) >= 11 is 1.56. The number of hydrogen-bond acceptors (Lipinski definition) is 4. The molecule has 1 aromatic rings. The fourth-order valence-corrected chi connectivity index (χ4v) is 3.07. The van der Waals surface area contributed by atoms with Crippen LogP contribution in [0, 0.1) is 12.8 Å². The zero-order chi connectivity index (χ0) is 14.6. The van der Waals surface area contributed by atoms with Crippen molar-refractivity contribution in [3.8, 4) is 0 Å². The number of urea groups is 1. The van der Waals surface area contributed by atoms with Gasteiger partial charge < -0.3 is 14.8 Å². The molecule has 2 rings (SSSR count). The topological polar surface area (TPSA) is 59.6 Å². The third-order valence-corrected chi connectivity index (χ3v) is 4.12. The van der Waals surface area contributed by atoms with Crippen molar-refractivity contribution in [2.75, 3.05) is 25.1 Å². The maximum absolute atomic E-state index is 11.8. The quantitative estimate of drug-likeness (QED) is 0.878. The van der Waals surface area contributed by atoms with Crippen LogP contribution in [0.2, 0.25) is 0 Å². The predicted octanol–water partition coefficient (Wildman–Crippen LogP) is 2.97. The van der Waals surface area contributed by atoms with Crippen molar-refractivity contribution in [3.63, 3.8) is 0 Å². The van der Waals surface area contributed by atoms with Gasteiger partial charge in [-0.2, -0.15) is 0 Å². The van der Waals surface area contributed by atoms with E-state index >= 15 is 0 Å². The van der Waals surface area contributed by atoms with Crippen LogP contribution >= 0.6 is 11.3 Å². The van der Waals surface area contributed by atoms with E-state index in [1.165, 1.54) is 4.88 Å². The Kier molecular flexibility index (Phi) is 5.01. The Morgan fingerprint density at radius 1 is 1.45 bits per heavy atom. The second-order valence-electron chi connectivity index (χ2n) is 5.39. The number of amides is 2. The molecule has 0 spiro atoms. The Hall–Kier alpha value is -1.11. The SMILES string of the molecule is Cc1ccc(NC(=O)NCC(C)CC2(C)OCCO2)s1. The van der Waals surface area contributed by atoms with Gasteiger partial charge in [-0.25, -0.2) is 4.79 Å². The molecule has 2 N–H and O–H groups in total. The Morgan fingerprint density at radius 2 is 2.15 bits per heavy atom. The zero-order valence-electron chi connectivity index (χ0n) is 12.2. The van der Waals surface area contributed by atoms with Gasteiger partial charge in [0.15, 0.2) is 5.79 Å². The van der Waals surface area contributed by atoms with Crippen LogP contribution in [0.4, 0.5) is 9.80 Å². The van der Waals surface area contributed by atoms with Gasteiger partial charge in [0.25, 0.3) is 0 Å². The fraction of sp³-hybridized carbons (Fsp3) is 0.643. The van der Waals surface area contributed by atoms with E-state index in [2.05, 4.69) is 17.6 Å². The van der Waals surface area contributed by atoms with Crippen molar-refractivity contribution in [2.45, 2.75) is 33.0 Å². The molecule has 1 atom stereocenters. The van der Waals surface area contributed by atoms with Gasteiger partial charge in [0, 0.05) is 17.8 Å². The molecule has 0 aromatic carbocycles. The van der Waals surface area contributed by atoms with Gasteiger partial charge in [-0.3, -0.25) is 5.32 Å². The highest BCUT2D eigenvalue weighted by Crippen LogP contribution is 2.26. The maximum atomic E-state index is 11.8. The second kappa shape index (κ2) is 6.56. The highest BCUT2D eigenvalue weighted by Gasteiger charge is 2.32. The molecule has 2 amide bonds. The molecule has 1 unspecified atom stereocenters. The van der Waals surface area contributed by atoms with Crippen molar-refractivity contribution >= 4 is 22.4 Å². The van der Waals surface area contributed by atoms with Crippen LogP contribution in [0.5, 0.6) is 0 Å². The van der Waals surface area contributed by atoms with E-state index in [1.54, 1.807) is 11.3 Å². The lowest BCUT2D eigenvalue weighted by Gasteiger charge is -2.25. The Labute approximate surface area is 123 Å². The molecule has 5 nitrogen and oxygen atoms in total. The molecule has 1 saturated heterocycles. The number of carbonyl (C=O) groups excluding carboxylic acids is 1. The van der Waals surface area contributed by atoms with Crippen molar-refractivity contribution in [2.24, 2.45) is 5.92 Å². The van der Waals surface area contributed by atoms with E-state index in [1.807, 2.05) is 26.0 Å². The molecule has 1 aliphatic heterocycles. The first-order valence-electron chi connectivity index (χ1n) is 6.86. The predicted molar refractivity (Wildman–Crippen MR) is 80.2 cm³/mol. The molecular weight excluding hydrogens is 276 g/mol. The van der Waals surface area contributed by atoms with Gasteiger partial charge in [-0.15, -0.1) is 11.3 Å². The number of nitrogens with one attached hydrogen (secondary N) is 2. The number of hydrogen-bond donors (Lipinski definition) is 2. The fourth-order valence-electron chi connectivity index (χ4n) is 2.30. The van der Waals surface area contributed by atoms with E-state index in [0.717, 1.165) is 11.4 Å². The first-order valence-corrected chi connectivity index (χ1v) is 7.68. The lowest BCUT2D eigenvalue weighted by molar-refractivity contribution is -0.153. The van der Waals surface area contributed by atoms with Crippen LogP contribution in [0.15, 0.2) is 12.1 Å². The van der Waals surface area contributed by atoms with Crippen molar-refractivity contribution in [1.82, 2.24) is 5.32 Å². The van der Waals surface area contributed by atoms with E-state index in [-0.39, 0.29) is 11.9 Å². The van der Waals surface area contributed by atoms with Gasteiger partial charge in [0.2, 0.25) is 0 Å². The molecule has 0 bridgehead atoms. The lowest BCUT2D eigenvalue weighted by Crippen LogP contribution is -2.36. The summed E-state index contributed by atoms with van der Waals surface area (Å²) in [5, 5.41) is 6.57. The monoisotopic (exact) mass is 298 g/mol. The summed E-state index contributed by atoms with van der Waals surface area (Å²) in [5.41, 5.74) is 0. The molecule has 20 heavy (non-hydrogen) atoms. The number of rotatable bonds is 5. The lowest BCUT2D eigenvalue weighted by atomic mass is 10.0. The summed E-state index contributed by atoms with van der Waals surface area (Å²) in [6.07, 6.45) is 0.769. The van der Waals surface area contributed by atoms with Crippen LogP contribution in [-0.2, 0) is 9.47 Å². The second-order valence-corrected chi connectivity index (χ2v) is 6.67. The van der Waals surface area contributed by atoms with Crippen LogP contribution in [0.3, 0.4) is 0 Å². The molecule has 0 radical (unpaired) electrons. The van der Waals surface area contributed by atoms with Gasteiger partial charge in [0.1, 0.15) is 0 Å². The Morgan fingerprint density at radius 3 is 2.75 bits per heavy atom. The summed E-state index contributed by atoms with van der Waals surface area (Å²) < 4.78 is 11.1. The van der Waals surface area contributed by atoms with Gasteiger partial charge in [-0.05, 0) is 31.9 Å². The minimum absolute atomic E-state index is 0.169. The summed E-state index contributed by atoms with van der Waals surface area (Å²) in [7, 11) is 0. The molecule has 1 fully saturated rings. The molecule has 1 aromatic heterocycles. The molecule has 0 aliphatic carbocycles. The van der Waals surface area contributed by atoms with E-state index in [9.17, 15) is 4.79 Å². The molecule has 6 heteroatoms. The zero-order valence-corrected chi connectivity index (χ0v) is 13.0. The van der Waals surface area contributed by atoms with Crippen LogP contribution in [0.1, 0.15) is 25.1 Å². The minimum atomic E-state index is -0.498. The molecule has 1 aliphatic rings. The molecule has 112 valence electrons. The Bertz CT molecular complexity index is 455. The smallest absolute Gasteiger partial charge is 0.319 e. The van der Waals surface area contributed by atoms with Crippen molar-refractivity contribution < 1.29 is 14.3 Å². The van der Waals surface area contributed by atoms with E-state index < -0.39 is 5.79 Å². The highest BCUT2D eigenvalue weighted by atomic mass is 32.1. The standard InChI is InChI=1S/C14H22N2O3S/c1-10(8-14(3)18-6-7-19-14)9-15-13(17)16-12-5-4-11(2)20-12/h4-5,10H,6-9H2,1-3H3,(H2,15,16,17). The van der Waals surface area contributed by atoms with Crippen LogP contribution in [-0.4, -0.2) is 31.6 Å². The molecular formula is C14H22N2O3S. The van der Waals surface area contributed by atoms with E-state index in [0.29, 0.717) is 19.8 Å². The Balaban J connectivity index is 1.70. The number of anilines is 1. The number of thiophene rings is 1. The normalized spacial score (nSPS) is 18.8. The number of carbonyl (C=O) groups is 1. The van der Waals surface area contributed by atoms with Gasteiger partial charge >= 0.3 is 6.03 Å². The molecule has 2 heterocycles. The average Bonchev–Trinajstić information content (AvgIpc) is 2.96. The first-order chi connectivity index (χ1) is 9.47. The third-order valence-electron chi connectivity index (χ3n) is 3.21. The largest absolute Gasteiger partial charge is 0.348 e. The number of ether oxygens (including phenoxy) is 2. The van der Waals surface area contributed by atoms with Gasteiger partial charge in [0.05, 0.1) is 18.2 Å². The summed E-state index contributed by atoms with van der Waals surface area (Å²) in [4.78, 5) is 12.9.